The normalized spacial score (nSPS) is 10.6. The van der Waals surface area contributed by atoms with Gasteiger partial charge >= 0.3 is 5.69 Å². The molecular weight excluding hydrogens is 282 g/mol. The number of halogens is 2. The highest BCUT2D eigenvalue weighted by Crippen LogP contribution is 2.25. The Morgan fingerprint density at radius 3 is 2.81 bits per heavy atom. The van der Waals surface area contributed by atoms with Crippen molar-refractivity contribution in [2.75, 3.05) is 5.32 Å². The van der Waals surface area contributed by atoms with Gasteiger partial charge in [0.25, 0.3) is 0 Å². The van der Waals surface area contributed by atoms with E-state index in [1.54, 1.807) is 12.5 Å². The van der Waals surface area contributed by atoms with E-state index >= 15 is 0 Å². The minimum absolute atomic E-state index is 0.118. The van der Waals surface area contributed by atoms with Gasteiger partial charge in [-0.2, -0.15) is 4.39 Å². The fourth-order valence-corrected chi connectivity index (χ4v) is 1.94. The number of nitrogens with zero attached hydrogens (tertiary/aromatic N) is 3. The maximum atomic E-state index is 13.6. The number of hydrogen-bond acceptors (Lipinski definition) is 4. The third-order valence-electron chi connectivity index (χ3n) is 2.96. The van der Waals surface area contributed by atoms with E-state index in [9.17, 15) is 18.9 Å². The molecule has 0 aliphatic heterocycles. The molecule has 1 heterocycles. The molecule has 0 saturated carbocycles. The Balaban J connectivity index is 2.18. The van der Waals surface area contributed by atoms with Crippen LogP contribution in [0.3, 0.4) is 0 Å². The number of rotatable bonds is 6. The molecule has 0 amide bonds. The molecule has 1 aromatic heterocycles. The number of benzene rings is 1. The van der Waals surface area contributed by atoms with Crippen LogP contribution in [0.15, 0.2) is 24.7 Å². The third kappa shape index (κ3) is 3.33. The first kappa shape index (κ1) is 14.9. The van der Waals surface area contributed by atoms with Gasteiger partial charge < -0.3 is 9.88 Å². The van der Waals surface area contributed by atoms with Crippen LogP contribution >= 0.6 is 0 Å². The average molecular weight is 296 g/mol. The van der Waals surface area contributed by atoms with Crippen LogP contribution in [-0.2, 0) is 13.1 Å². The lowest BCUT2D eigenvalue weighted by molar-refractivity contribution is -0.387. The number of hydrogen-bond donors (Lipinski definition) is 1. The number of aromatic nitrogens is 2. The van der Waals surface area contributed by atoms with Gasteiger partial charge in [0.2, 0.25) is 5.82 Å². The van der Waals surface area contributed by atoms with E-state index in [0.717, 1.165) is 24.7 Å². The lowest BCUT2D eigenvalue weighted by Gasteiger charge is -2.10. The molecule has 0 aliphatic carbocycles. The standard InChI is InChI=1S/C13H14F2N4O2/c1-2-3-18-8-16-6-9(18)7-17-12-5-13(19(20)21)11(15)4-10(12)14/h4-6,8,17H,2-3,7H2,1H3. The van der Waals surface area contributed by atoms with E-state index in [2.05, 4.69) is 10.3 Å². The fourth-order valence-electron chi connectivity index (χ4n) is 1.94. The van der Waals surface area contributed by atoms with Gasteiger partial charge in [0.15, 0.2) is 0 Å². The highest BCUT2D eigenvalue weighted by molar-refractivity contribution is 5.53. The highest BCUT2D eigenvalue weighted by atomic mass is 19.1. The number of nitro benzene ring substituents is 1. The summed E-state index contributed by atoms with van der Waals surface area (Å²) in [6, 6.07) is 1.36. The Morgan fingerprint density at radius 1 is 1.38 bits per heavy atom. The topological polar surface area (TPSA) is 73.0 Å². The van der Waals surface area contributed by atoms with Crippen LogP contribution < -0.4 is 5.32 Å². The van der Waals surface area contributed by atoms with Gasteiger partial charge in [0.05, 0.1) is 29.2 Å². The summed E-state index contributed by atoms with van der Waals surface area (Å²) in [7, 11) is 0. The number of imidazole rings is 1. The molecule has 0 fully saturated rings. The second-order valence-electron chi connectivity index (χ2n) is 4.47. The monoisotopic (exact) mass is 296 g/mol. The van der Waals surface area contributed by atoms with Gasteiger partial charge in [-0.25, -0.2) is 9.37 Å². The number of nitro groups is 1. The maximum absolute atomic E-state index is 13.6. The first-order valence-corrected chi connectivity index (χ1v) is 6.39. The molecule has 0 aliphatic rings. The summed E-state index contributed by atoms with van der Waals surface area (Å²) >= 11 is 0. The Morgan fingerprint density at radius 2 is 2.14 bits per heavy atom. The largest absolute Gasteiger partial charge is 0.377 e. The smallest absolute Gasteiger partial charge is 0.307 e. The molecule has 2 rings (SSSR count). The van der Waals surface area contributed by atoms with Gasteiger partial charge in [0.1, 0.15) is 5.82 Å². The van der Waals surface area contributed by atoms with Crippen LogP contribution in [0.2, 0.25) is 0 Å². The summed E-state index contributed by atoms with van der Waals surface area (Å²) in [4.78, 5) is 13.8. The Labute approximate surface area is 119 Å². The fraction of sp³-hybridized carbons (Fsp3) is 0.308. The van der Waals surface area contributed by atoms with E-state index in [-0.39, 0.29) is 12.2 Å². The first-order chi connectivity index (χ1) is 10.0. The Hall–Kier alpha value is -2.51. The van der Waals surface area contributed by atoms with Crippen molar-refractivity contribution in [3.63, 3.8) is 0 Å². The van der Waals surface area contributed by atoms with E-state index in [1.807, 2.05) is 11.5 Å². The molecule has 0 saturated heterocycles. The highest BCUT2D eigenvalue weighted by Gasteiger charge is 2.18. The second kappa shape index (κ2) is 6.29. The molecule has 0 unspecified atom stereocenters. The van der Waals surface area contributed by atoms with Crippen molar-refractivity contribution >= 4 is 11.4 Å². The van der Waals surface area contributed by atoms with Crippen molar-refractivity contribution in [1.82, 2.24) is 9.55 Å². The van der Waals surface area contributed by atoms with Gasteiger partial charge in [-0.15, -0.1) is 0 Å². The molecule has 1 aromatic carbocycles. The van der Waals surface area contributed by atoms with Crippen LogP contribution in [0.25, 0.3) is 0 Å². The predicted octanol–water partition coefficient (Wildman–Crippen LogP) is 3.09. The second-order valence-corrected chi connectivity index (χ2v) is 4.47. The zero-order valence-electron chi connectivity index (χ0n) is 11.3. The van der Waals surface area contributed by atoms with Gasteiger partial charge in [-0.3, -0.25) is 10.1 Å². The molecule has 0 radical (unpaired) electrons. The van der Waals surface area contributed by atoms with Gasteiger partial charge in [0, 0.05) is 24.9 Å². The number of aryl methyl sites for hydroxylation is 1. The van der Waals surface area contributed by atoms with Crippen LogP contribution in [0, 0.1) is 21.7 Å². The van der Waals surface area contributed by atoms with Crippen molar-refractivity contribution in [2.24, 2.45) is 0 Å². The van der Waals surface area contributed by atoms with Crippen molar-refractivity contribution in [3.8, 4) is 0 Å². The van der Waals surface area contributed by atoms with Gasteiger partial charge in [-0.1, -0.05) is 6.92 Å². The summed E-state index contributed by atoms with van der Waals surface area (Å²) in [5.74, 6) is -2.07. The lowest BCUT2D eigenvalue weighted by Crippen LogP contribution is -2.08. The van der Waals surface area contributed by atoms with Gasteiger partial charge in [-0.05, 0) is 6.42 Å². The van der Waals surface area contributed by atoms with Crippen molar-refractivity contribution in [3.05, 3.63) is 52.1 Å². The summed E-state index contributed by atoms with van der Waals surface area (Å²) < 4.78 is 28.8. The molecule has 0 spiro atoms. The number of nitrogens with one attached hydrogen (secondary N) is 1. The zero-order valence-corrected chi connectivity index (χ0v) is 11.3. The quantitative estimate of drug-likeness (QED) is 0.656. The van der Waals surface area contributed by atoms with Crippen molar-refractivity contribution in [1.29, 1.82) is 0 Å². The molecule has 8 heteroatoms. The van der Waals surface area contributed by atoms with Crippen LogP contribution in [0.5, 0.6) is 0 Å². The maximum Gasteiger partial charge on any atom is 0.307 e. The molecule has 0 atom stereocenters. The van der Waals surface area contributed by atoms with Crippen molar-refractivity contribution < 1.29 is 13.7 Å². The molecular formula is C13H14F2N4O2. The third-order valence-corrected chi connectivity index (χ3v) is 2.96. The molecule has 112 valence electrons. The minimum atomic E-state index is -1.20. The Bertz CT molecular complexity index is 658. The summed E-state index contributed by atoms with van der Waals surface area (Å²) in [5.41, 5.74) is -0.0726. The van der Waals surface area contributed by atoms with E-state index in [1.165, 1.54) is 0 Å². The van der Waals surface area contributed by atoms with E-state index in [0.29, 0.717) is 6.07 Å². The summed E-state index contributed by atoms with van der Waals surface area (Å²) in [6.07, 6.45) is 4.20. The summed E-state index contributed by atoms with van der Waals surface area (Å²) in [5, 5.41) is 13.4. The van der Waals surface area contributed by atoms with Crippen molar-refractivity contribution in [2.45, 2.75) is 26.4 Å². The molecule has 1 N–H and O–H groups in total. The zero-order chi connectivity index (χ0) is 15.4. The van der Waals surface area contributed by atoms with Crippen LogP contribution in [-0.4, -0.2) is 14.5 Å². The molecule has 0 bridgehead atoms. The van der Waals surface area contributed by atoms with Crippen LogP contribution in [0.4, 0.5) is 20.2 Å². The average Bonchev–Trinajstić information content (AvgIpc) is 2.85. The van der Waals surface area contributed by atoms with Crippen LogP contribution in [0.1, 0.15) is 19.0 Å². The van der Waals surface area contributed by atoms with E-state index in [4.69, 9.17) is 0 Å². The first-order valence-electron chi connectivity index (χ1n) is 6.39. The van der Waals surface area contributed by atoms with E-state index < -0.39 is 22.2 Å². The molecule has 2 aromatic rings. The SMILES string of the molecule is CCCn1cncc1CNc1cc([N+](=O)[O-])c(F)cc1F. The Kier molecular flexibility index (Phi) is 4.46. The lowest BCUT2D eigenvalue weighted by atomic mass is 10.2. The number of anilines is 1. The summed E-state index contributed by atoms with van der Waals surface area (Å²) in [6.45, 7) is 3.02. The predicted molar refractivity (Wildman–Crippen MR) is 72.9 cm³/mol. The minimum Gasteiger partial charge on any atom is -0.377 e. The molecule has 21 heavy (non-hydrogen) atoms. The molecule has 6 nitrogen and oxygen atoms in total.